The smallest absolute Gasteiger partial charge is 0.318 e. The van der Waals surface area contributed by atoms with Crippen molar-refractivity contribution in [2.75, 3.05) is 31.1 Å². The monoisotopic (exact) mass is 383 g/mol. The van der Waals surface area contributed by atoms with E-state index in [0.717, 1.165) is 26.2 Å². The minimum absolute atomic E-state index is 0.101. The van der Waals surface area contributed by atoms with E-state index in [1.807, 2.05) is 4.90 Å². The highest BCUT2D eigenvalue weighted by molar-refractivity contribution is 7.10. The van der Waals surface area contributed by atoms with E-state index >= 15 is 0 Å². The Kier molecular flexibility index (Phi) is 5.67. The zero-order chi connectivity index (χ0) is 18.6. The van der Waals surface area contributed by atoms with E-state index in [2.05, 4.69) is 58.9 Å². The summed E-state index contributed by atoms with van der Waals surface area (Å²) in [5, 5.41) is 5.49. The van der Waals surface area contributed by atoms with E-state index in [1.165, 1.54) is 41.8 Å². The SMILES string of the molecule is Cc1cccc(N2CCN(C(=O)NC(c3cccs3)C3CCCC3)CC2)c1. The molecule has 2 heterocycles. The van der Waals surface area contributed by atoms with Crippen molar-refractivity contribution in [3.63, 3.8) is 0 Å². The number of hydrogen-bond acceptors (Lipinski definition) is 3. The molecule has 0 radical (unpaired) electrons. The highest BCUT2D eigenvalue weighted by atomic mass is 32.1. The van der Waals surface area contributed by atoms with Crippen LogP contribution in [0.1, 0.15) is 42.2 Å². The summed E-state index contributed by atoms with van der Waals surface area (Å²) >= 11 is 1.76. The van der Waals surface area contributed by atoms with Gasteiger partial charge in [0.25, 0.3) is 0 Å². The summed E-state index contributed by atoms with van der Waals surface area (Å²) < 4.78 is 0. The number of thiophene rings is 1. The fraction of sp³-hybridized carbons (Fsp3) is 0.500. The van der Waals surface area contributed by atoms with Gasteiger partial charge in [0.1, 0.15) is 0 Å². The first kappa shape index (κ1) is 18.4. The molecular weight excluding hydrogens is 354 g/mol. The normalized spacial score (nSPS) is 19.3. The van der Waals surface area contributed by atoms with Crippen LogP contribution in [0.3, 0.4) is 0 Å². The molecule has 2 fully saturated rings. The Bertz CT molecular complexity index is 747. The van der Waals surface area contributed by atoms with E-state index in [4.69, 9.17) is 0 Å². The van der Waals surface area contributed by atoms with Gasteiger partial charge in [0, 0.05) is 36.7 Å². The first-order chi connectivity index (χ1) is 13.2. The third-order valence-corrected chi connectivity index (χ3v) is 6.89. The Labute approximate surface area is 166 Å². The molecule has 2 aromatic rings. The number of nitrogens with one attached hydrogen (secondary N) is 1. The molecule has 2 amide bonds. The van der Waals surface area contributed by atoms with E-state index in [-0.39, 0.29) is 12.1 Å². The van der Waals surface area contributed by atoms with Crippen LogP contribution in [0.5, 0.6) is 0 Å². The number of rotatable bonds is 4. The maximum Gasteiger partial charge on any atom is 0.318 e. The van der Waals surface area contributed by atoms with Gasteiger partial charge in [-0.2, -0.15) is 0 Å². The van der Waals surface area contributed by atoms with Crippen LogP contribution < -0.4 is 10.2 Å². The second-order valence-corrected chi connectivity index (χ2v) is 8.78. The standard InChI is InChI=1S/C22H29N3OS/c1-17-6-4-9-19(16-17)24-11-13-25(14-12-24)22(26)23-21(18-7-2-3-8-18)20-10-5-15-27-20/h4-6,9-10,15-16,18,21H,2-3,7-8,11-14H2,1H3,(H,23,26). The largest absolute Gasteiger partial charge is 0.368 e. The molecule has 1 aromatic carbocycles. The summed E-state index contributed by atoms with van der Waals surface area (Å²) in [6, 6.07) is 13.2. The molecule has 1 aromatic heterocycles. The molecule has 0 bridgehead atoms. The van der Waals surface area contributed by atoms with Crippen molar-refractivity contribution in [2.24, 2.45) is 5.92 Å². The Hall–Kier alpha value is -2.01. The molecule has 1 aliphatic carbocycles. The lowest BCUT2D eigenvalue weighted by Crippen LogP contribution is -2.52. The van der Waals surface area contributed by atoms with E-state index in [9.17, 15) is 4.79 Å². The average Bonchev–Trinajstić information content (AvgIpc) is 3.40. The predicted molar refractivity (Wildman–Crippen MR) is 113 cm³/mol. The molecule has 1 aliphatic heterocycles. The molecule has 1 saturated carbocycles. The van der Waals surface area contributed by atoms with Crippen molar-refractivity contribution >= 4 is 23.1 Å². The average molecular weight is 384 g/mol. The van der Waals surface area contributed by atoms with E-state index in [0.29, 0.717) is 5.92 Å². The predicted octanol–water partition coefficient (Wildman–Crippen LogP) is 4.82. The molecule has 1 saturated heterocycles. The van der Waals surface area contributed by atoms with Gasteiger partial charge in [0.15, 0.2) is 0 Å². The highest BCUT2D eigenvalue weighted by Crippen LogP contribution is 2.37. The minimum atomic E-state index is 0.101. The molecule has 1 unspecified atom stereocenters. The van der Waals surface area contributed by atoms with Gasteiger partial charge in [-0.05, 0) is 54.8 Å². The number of aryl methyl sites for hydroxylation is 1. The number of benzene rings is 1. The van der Waals surface area contributed by atoms with Gasteiger partial charge in [-0.15, -0.1) is 11.3 Å². The molecular formula is C22H29N3OS. The Morgan fingerprint density at radius 2 is 1.89 bits per heavy atom. The Morgan fingerprint density at radius 1 is 1.11 bits per heavy atom. The first-order valence-electron chi connectivity index (χ1n) is 10.1. The quantitative estimate of drug-likeness (QED) is 0.822. The van der Waals surface area contributed by atoms with Gasteiger partial charge in [0.05, 0.1) is 6.04 Å². The lowest BCUT2D eigenvalue weighted by Gasteiger charge is -2.37. The van der Waals surface area contributed by atoms with Crippen LogP contribution in [0.4, 0.5) is 10.5 Å². The van der Waals surface area contributed by atoms with Gasteiger partial charge in [0.2, 0.25) is 0 Å². The number of piperazine rings is 1. The van der Waals surface area contributed by atoms with Crippen molar-refractivity contribution in [2.45, 2.75) is 38.6 Å². The summed E-state index contributed by atoms with van der Waals surface area (Å²) in [7, 11) is 0. The van der Waals surface area contributed by atoms with Gasteiger partial charge in [-0.25, -0.2) is 4.79 Å². The van der Waals surface area contributed by atoms with Crippen molar-refractivity contribution in [3.8, 4) is 0 Å². The summed E-state index contributed by atoms with van der Waals surface area (Å²) in [5.41, 5.74) is 2.54. The molecule has 144 valence electrons. The van der Waals surface area contributed by atoms with Crippen LogP contribution in [-0.4, -0.2) is 37.1 Å². The van der Waals surface area contributed by atoms with Gasteiger partial charge >= 0.3 is 6.03 Å². The number of hydrogen-bond donors (Lipinski definition) is 1. The summed E-state index contributed by atoms with van der Waals surface area (Å²) in [5.74, 6) is 0.584. The Balaban J connectivity index is 1.37. The van der Waals surface area contributed by atoms with Crippen LogP contribution in [0.15, 0.2) is 41.8 Å². The van der Waals surface area contributed by atoms with Gasteiger partial charge in [-0.1, -0.05) is 31.0 Å². The number of amides is 2. The molecule has 27 heavy (non-hydrogen) atoms. The first-order valence-corrected chi connectivity index (χ1v) is 11.0. The molecule has 1 N–H and O–H groups in total. The van der Waals surface area contributed by atoms with Crippen LogP contribution in [0.25, 0.3) is 0 Å². The highest BCUT2D eigenvalue weighted by Gasteiger charge is 2.30. The van der Waals surface area contributed by atoms with E-state index in [1.54, 1.807) is 11.3 Å². The second-order valence-electron chi connectivity index (χ2n) is 7.80. The fourth-order valence-corrected chi connectivity index (χ4v) is 5.27. The van der Waals surface area contributed by atoms with Crippen molar-refractivity contribution in [3.05, 3.63) is 52.2 Å². The number of nitrogens with zero attached hydrogens (tertiary/aromatic N) is 2. The summed E-state index contributed by atoms with van der Waals surface area (Å²) in [6.07, 6.45) is 5.03. The van der Waals surface area contributed by atoms with Crippen LogP contribution in [-0.2, 0) is 0 Å². The maximum absolute atomic E-state index is 13.0. The zero-order valence-corrected chi connectivity index (χ0v) is 16.9. The lowest BCUT2D eigenvalue weighted by atomic mass is 9.97. The van der Waals surface area contributed by atoms with Crippen molar-refractivity contribution < 1.29 is 4.79 Å². The molecule has 4 nitrogen and oxygen atoms in total. The number of carbonyl (C=O) groups excluding carboxylic acids is 1. The van der Waals surface area contributed by atoms with E-state index < -0.39 is 0 Å². The zero-order valence-electron chi connectivity index (χ0n) is 16.1. The molecule has 5 heteroatoms. The third kappa shape index (κ3) is 4.29. The van der Waals surface area contributed by atoms with Crippen LogP contribution >= 0.6 is 11.3 Å². The minimum Gasteiger partial charge on any atom is -0.368 e. The van der Waals surface area contributed by atoms with Gasteiger partial charge in [-0.3, -0.25) is 0 Å². The third-order valence-electron chi connectivity index (χ3n) is 5.93. The summed E-state index contributed by atoms with van der Waals surface area (Å²) in [6.45, 7) is 5.47. The topological polar surface area (TPSA) is 35.6 Å². The number of carbonyl (C=O) groups is 1. The molecule has 2 aliphatic rings. The van der Waals surface area contributed by atoms with Crippen molar-refractivity contribution in [1.29, 1.82) is 0 Å². The lowest BCUT2D eigenvalue weighted by molar-refractivity contribution is 0.185. The molecule has 4 rings (SSSR count). The van der Waals surface area contributed by atoms with Crippen LogP contribution in [0, 0.1) is 12.8 Å². The summed E-state index contributed by atoms with van der Waals surface area (Å²) in [4.78, 5) is 18.6. The maximum atomic E-state index is 13.0. The number of urea groups is 1. The van der Waals surface area contributed by atoms with Gasteiger partial charge < -0.3 is 15.1 Å². The fourth-order valence-electron chi connectivity index (χ4n) is 4.40. The Morgan fingerprint density at radius 3 is 2.56 bits per heavy atom. The van der Waals surface area contributed by atoms with Crippen LogP contribution in [0.2, 0.25) is 0 Å². The molecule has 0 spiro atoms. The van der Waals surface area contributed by atoms with Crippen molar-refractivity contribution in [1.82, 2.24) is 10.2 Å². The number of anilines is 1. The molecule has 1 atom stereocenters. The second kappa shape index (κ2) is 8.34.